The molecule has 0 fully saturated rings. The molecule has 0 aliphatic carbocycles. The molecule has 0 radical (unpaired) electrons. The Morgan fingerprint density at radius 2 is 2.00 bits per heavy atom. The van der Waals surface area contributed by atoms with Crippen molar-refractivity contribution in [3.63, 3.8) is 0 Å². The van der Waals surface area contributed by atoms with E-state index >= 15 is 0 Å². The van der Waals surface area contributed by atoms with Crippen LogP contribution in [-0.2, 0) is 4.74 Å². The zero-order chi connectivity index (χ0) is 16.9. The van der Waals surface area contributed by atoms with E-state index in [4.69, 9.17) is 14.0 Å². The molecular formula is C16H19FN2O4. The number of nitrogens with zero attached hydrogens (tertiary/aromatic N) is 1. The lowest BCUT2D eigenvalue weighted by Crippen LogP contribution is -2.34. The fraction of sp³-hybridized carbons (Fsp3) is 0.375. The highest BCUT2D eigenvalue weighted by atomic mass is 19.1. The van der Waals surface area contributed by atoms with E-state index in [1.807, 2.05) is 0 Å². The maximum Gasteiger partial charge on any atom is 0.407 e. The molecule has 0 aliphatic rings. The molecule has 0 saturated heterocycles. The third-order valence-corrected chi connectivity index (χ3v) is 2.64. The topological polar surface area (TPSA) is 73.6 Å². The monoisotopic (exact) mass is 322 g/mol. The Labute approximate surface area is 133 Å². The van der Waals surface area contributed by atoms with Gasteiger partial charge in [0.25, 0.3) is 5.88 Å². The van der Waals surface area contributed by atoms with Gasteiger partial charge in [-0.15, -0.1) is 0 Å². The molecule has 6 nitrogen and oxygen atoms in total. The van der Waals surface area contributed by atoms with E-state index in [1.54, 1.807) is 39.0 Å². The van der Waals surface area contributed by atoms with Crippen LogP contribution in [0.3, 0.4) is 0 Å². The van der Waals surface area contributed by atoms with Crippen LogP contribution in [0.2, 0.25) is 0 Å². The maximum absolute atomic E-state index is 12.9. The first-order valence-electron chi connectivity index (χ1n) is 7.16. The lowest BCUT2D eigenvalue weighted by atomic mass is 10.2. The minimum Gasteiger partial charge on any atom is -0.474 e. The van der Waals surface area contributed by atoms with Gasteiger partial charge >= 0.3 is 6.09 Å². The number of nitrogens with one attached hydrogen (secondary N) is 1. The van der Waals surface area contributed by atoms with E-state index in [-0.39, 0.29) is 24.8 Å². The molecule has 124 valence electrons. The predicted molar refractivity (Wildman–Crippen MR) is 81.6 cm³/mol. The standard InChI is InChI=1S/C16H19FN2O4/c1-16(2,3)22-15(20)18-8-9-21-14-10-13(23-19-14)11-4-6-12(17)7-5-11/h4-7,10H,8-9H2,1-3H3,(H,18,20). The highest BCUT2D eigenvalue weighted by Gasteiger charge is 2.15. The van der Waals surface area contributed by atoms with Crippen LogP contribution in [0.5, 0.6) is 5.88 Å². The van der Waals surface area contributed by atoms with Crippen LogP contribution in [0.4, 0.5) is 9.18 Å². The van der Waals surface area contributed by atoms with Gasteiger partial charge in [-0.05, 0) is 50.2 Å². The molecule has 2 aromatic rings. The van der Waals surface area contributed by atoms with Crippen molar-refractivity contribution in [3.8, 4) is 17.2 Å². The summed E-state index contributed by atoms with van der Waals surface area (Å²) in [7, 11) is 0. The fourth-order valence-electron chi connectivity index (χ4n) is 1.70. The van der Waals surface area contributed by atoms with E-state index < -0.39 is 11.7 Å². The Morgan fingerprint density at radius 3 is 2.65 bits per heavy atom. The van der Waals surface area contributed by atoms with Gasteiger partial charge in [-0.3, -0.25) is 0 Å². The second-order valence-corrected chi connectivity index (χ2v) is 5.81. The van der Waals surface area contributed by atoms with Crippen molar-refractivity contribution in [1.82, 2.24) is 10.5 Å². The van der Waals surface area contributed by atoms with Gasteiger partial charge in [0.05, 0.1) is 6.54 Å². The van der Waals surface area contributed by atoms with Crippen LogP contribution in [-0.4, -0.2) is 30.0 Å². The smallest absolute Gasteiger partial charge is 0.407 e. The molecule has 1 heterocycles. The molecule has 0 atom stereocenters. The number of benzene rings is 1. The summed E-state index contributed by atoms with van der Waals surface area (Å²) in [6, 6.07) is 7.44. The molecule has 0 aliphatic heterocycles. The Morgan fingerprint density at radius 1 is 1.30 bits per heavy atom. The molecule has 1 amide bonds. The fourth-order valence-corrected chi connectivity index (χ4v) is 1.70. The number of amides is 1. The van der Waals surface area contributed by atoms with Crippen molar-refractivity contribution in [3.05, 3.63) is 36.1 Å². The minimum absolute atomic E-state index is 0.217. The second-order valence-electron chi connectivity index (χ2n) is 5.81. The number of rotatable bonds is 5. The molecule has 0 saturated carbocycles. The van der Waals surface area contributed by atoms with Crippen molar-refractivity contribution in [2.75, 3.05) is 13.2 Å². The number of halogens is 1. The average Bonchev–Trinajstić information content (AvgIpc) is 2.91. The second kappa shape index (κ2) is 7.13. The van der Waals surface area contributed by atoms with E-state index in [1.165, 1.54) is 12.1 Å². The maximum atomic E-state index is 12.9. The number of alkyl carbamates (subject to hydrolysis) is 1. The lowest BCUT2D eigenvalue weighted by Gasteiger charge is -2.19. The number of hydrogen-bond donors (Lipinski definition) is 1. The largest absolute Gasteiger partial charge is 0.474 e. The van der Waals surface area contributed by atoms with Gasteiger partial charge < -0.3 is 19.3 Å². The lowest BCUT2D eigenvalue weighted by molar-refractivity contribution is 0.0519. The third kappa shape index (κ3) is 5.61. The third-order valence-electron chi connectivity index (χ3n) is 2.64. The molecule has 1 aromatic heterocycles. The Hall–Kier alpha value is -2.57. The average molecular weight is 322 g/mol. The summed E-state index contributed by atoms with van der Waals surface area (Å²) in [5.74, 6) is 0.438. The van der Waals surface area contributed by atoms with E-state index in [0.717, 1.165) is 0 Å². The Balaban J connectivity index is 1.77. The highest BCUT2D eigenvalue weighted by molar-refractivity contribution is 5.67. The zero-order valence-corrected chi connectivity index (χ0v) is 13.3. The molecule has 0 bridgehead atoms. The number of aromatic nitrogens is 1. The van der Waals surface area contributed by atoms with Crippen LogP contribution in [0.25, 0.3) is 11.3 Å². The molecule has 23 heavy (non-hydrogen) atoms. The highest BCUT2D eigenvalue weighted by Crippen LogP contribution is 2.23. The predicted octanol–water partition coefficient (Wildman–Crippen LogP) is 3.38. The molecule has 0 unspecified atom stereocenters. The van der Waals surface area contributed by atoms with Gasteiger partial charge in [0.2, 0.25) is 0 Å². The van der Waals surface area contributed by atoms with Gasteiger partial charge in [-0.25, -0.2) is 9.18 Å². The normalized spacial score (nSPS) is 11.1. The number of hydrogen-bond acceptors (Lipinski definition) is 5. The van der Waals surface area contributed by atoms with Crippen LogP contribution >= 0.6 is 0 Å². The van der Waals surface area contributed by atoms with Crippen LogP contribution in [0.1, 0.15) is 20.8 Å². The molecule has 1 aromatic carbocycles. The van der Waals surface area contributed by atoms with Crippen molar-refractivity contribution in [1.29, 1.82) is 0 Å². The first kappa shape index (κ1) is 16.8. The Kier molecular flexibility index (Phi) is 5.20. The number of ether oxygens (including phenoxy) is 2. The summed E-state index contributed by atoms with van der Waals surface area (Å²) in [5, 5.41) is 6.32. The summed E-state index contributed by atoms with van der Waals surface area (Å²) in [4.78, 5) is 11.4. The van der Waals surface area contributed by atoms with Crippen LogP contribution in [0, 0.1) is 5.82 Å². The molecule has 2 rings (SSSR count). The van der Waals surface area contributed by atoms with Gasteiger partial charge in [0.15, 0.2) is 5.76 Å². The summed E-state index contributed by atoms with van der Waals surface area (Å²) in [6.45, 7) is 5.85. The molecule has 7 heteroatoms. The summed E-state index contributed by atoms with van der Waals surface area (Å²) in [5.41, 5.74) is 0.154. The zero-order valence-electron chi connectivity index (χ0n) is 13.3. The first-order valence-corrected chi connectivity index (χ1v) is 7.16. The van der Waals surface area contributed by atoms with Gasteiger partial charge in [-0.2, -0.15) is 0 Å². The SMILES string of the molecule is CC(C)(C)OC(=O)NCCOc1cc(-c2ccc(F)cc2)on1. The van der Waals surface area contributed by atoms with Crippen molar-refractivity contribution >= 4 is 6.09 Å². The van der Waals surface area contributed by atoms with Crippen molar-refractivity contribution < 1.29 is 23.2 Å². The van der Waals surface area contributed by atoms with E-state index in [2.05, 4.69) is 10.5 Å². The van der Waals surface area contributed by atoms with Gasteiger partial charge in [0.1, 0.15) is 18.0 Å². The van der Waals surface area contributed by atoms with Gasteiger partial charge in [0, 0.05) is 11.6 Å². The molecule has 1 N–H and O–H groups in total. The van der Waals surface area contributed by atoms with Gasteiger partial charge in [-0.1, -0.05) is 0 Å². The van der Waals surface area contributed by atoms with Crippen LogP contribution in [0.15, 0.2) is 34.9 Å². The summed E-state index contributed by atoms with van der Waals surface area (Å²) < 4.78 is 28.4. The molecule has 0 spiro atoms. The van der Waals surface area contributed by atoms with Crippen molar-refractivity contribution in [2.45, 2.75) is 26.4 Å². The molecular weight excluding hydrogens is 303 g/mol. The quantitative estimate of drug-likeness (QED) is 0.854. The van der Waals surface area contributed by atoms with Crippen molar-refractivity contribution in [2.24, 2.45) is 0 Å². The van der Waals surface area contributed by atoms with Crippen LogP contribution < -0.4 is 10.1 Å². The summed E-state index contributed by atoms with van der Waals surface area (Å²) in [6.07, 6.45) is -0.506. The number of carbonyl (C=O) groups is 1. The minimum atomic E-state index is -0.541. The Bertz CT molecular complexity index is 647. The van der Waals surface area contributed by atoms with E-state index in [9.17, 15) is 9.18 Å². The van der Waals surface area contributed by atoms with E-state index in [0.29, 0.717) is 11.3 Å². The summed E-state index contributed by atoms with van der Waals surface area (Å²) >= 11 is 0. The first-order chi connectivity index (χ1) is 10.8. The number of carbonyl (C=O) groups excluding carboxylic acids is 1.